The number of hydrogen-bond donors (Lipinski definition) is 2. The molecule has 2 N–H and O–H groups in total. The van der Waals surface area contributed by atoms with Crippen molar-refractivity contribution in [2.45, 2.75) is 56.9 Å². The van der Waals surface area contributed by atoms with E-state index in [4.69, 9.17) is 9.84 Å². The van der Waals surface area contributed by atoms with Gasteiger partial charge in [0, 0.05) is 25.9 Å². The van der Waals surface area contributed by atoms with Crippen molar-refractivity contribution in [3.63, 3.8) is 0 Å². The van der Waals surface area contributed by atoms with Gasteiger partial charge in [-0.25, -0.2) is 4.79 Å². The van der Waals surface area contributed by atoms with Gasteiger partial charge in [-0.1, -0.05) is 68.3 Å². The highest BCUT2D eigenvalue weighted by Gasteiger charge is 2.45. The fourth-order valence-electron chi connectivity index (χ4n) is 5.68. The monoisotopic (exact) mass is 478 g/mol. The zero-order valence-corrected chi connectivity index (χ0v) is 20.5. The lowest BCUT2D eigenvalue weighted by Crippen LogP contribution is -2.61. The number of carboxylic acid groups (broad SMARTS) is 1. The summed E-state index contributed by atoms with van der Waals surface area (Å²) in [6, 6.07) is 16.3. The quantitative estimate of drug-likeness (QED) is 0.568. The predicted molar refractivity (Wildman–Crippen MR) is 133 cm³/mol. The molecule has 0 aromatic heterocycles. The number of nitrogens with one attached hydrogen (secondary N) is 1. The summed E-state index contributed by atoms with van der Waals surface area (Å²) in [4.78, 5) is 38.9. The molecule has 7 heteroatoms. The first-order valence-corrected chi connectivity index (χ1v) is 12.4. The molecule has 186 valence electrons. The van der Waals surface area contributed by atoms with Gasteiger partial charge in [0.25, 0.3) is 0 Å². The second-order valence-electron chi connectivity index (χ2n) is 9.96. The predicted octanol–water partition coefficient (Wildman–Crippen LogP) is 4.80. The number of amides is 2. The number of aliphatic carboxylic acids is 1. The number of alkyl carbamates (subject to hydrolysis) is 1. The Labute approximate surface area is 206 Å². The normalized spacial score (nSPS) is 21.0. The Morgan fingerprint density at radius 1 is 1.09 bits per heavy atom. The Morgan fingerprint density at radius 3 is 2.31 bits per heavy atom. The number of carbonyl (C=O) groups is 3. The summed E-state index contributed by atoms with van der Waals surface area (Å²) in [6.07, 6.45) is 2.70. The van der Waals surface area contributed by atoms with Crippen LogP contribution in [0.2, 0.25) is 0 Å². The number of likely N-dealkylation sites (N-methyl/N-ethyl adjacent to an activating group) is 1. The Bertz CT molecular complexity index is 1050. The molecule has 0 spiro atoms. The zero-order chi connectivity index (χ0) is 25.0. The van der Waals surface area contributed by atoms with Crippen LogP contribution in [-0.4, -0.2) is 53.7 Å². The molecule has 0 saturated heterocycles. The smallest absolute Gasteiger partial charge is 0.408 e. The van der Waals surface area contributed by atoms with Crippen LogP contribution in [0, 0.1) is 5.92 Å². The molecule has 35 heavy (non-hydrogen) atoms. The molecule has 0 heterocycles. The van der Waals surface area contributed by atoms with E-state index < -0.39 is 17.6 Å². The summed E-state index contributed by atoms with van der Waals surface area (Å²) in [5.41, 5.74) is 3.56. The molecule has 2 aromatic rings. The van der Waals surface area contributed by atoms with E-state index in [1.807, 2.05) is 24.3 Å². The number of rotatable bonds is 8. The SMILES string of the molecule is CC1CCCC(NC(=O)OCC2c3ccccc3-c3ccccc32)(C(=O)N(C)CCCC(=O)O)C1. The minimum atomic E-state index is -1.03. The number of carboxylic acids is 1. The van der Waals surface area contributed by atoms with Gasteiger partial charge in [0.2, 0.25) is 5.91 Å². The van der Waals surface area contributed by atoms with E-state index in [-0.39, 0.29) is 30.8 Å². The highest BCUT2D eigenvalue weighted by molar-refractivity contribution is 5.90. The molecule has 2 atom stereocenters. The van der Waals surface area contributed by atoms with Crippen molar-refractivity contribution in [1.82, 2.24) is 10.2 Å². The third-order valence-electron chi connectivity index (χ3n) is 7.32. The van der Waals surface area contributed by atoms with Crippen LogP contribution in [0.4, 0.5) is 4.79 Å². The van der Waals surface area contributed by atoms with Crippen molar-refractivity contribution in [2.24, 2.45) is 5.92 Å². The van der Waals surface area contributed by atoms with E-state index in [1.54, 1.807) is 11.9 Å². The van der Waals surface area contributed by atoms with Gasteiger partial charge in [0.15, 0.2) is 0 Å². The molecular weight excluding hydrogens is 444 g/mol. The maximum atomic E-state index is 13.5. The maximum Gasteiger partial charge on any atom is 0.408 e. The maximum absolute atomic E-state index is 13.5. The molecule has 2 amide bonds. The van der Waals surface area contributed by atoms with Crippen LogP contribution in [0.1, 0.15) is 62.5 Å². The molecule has 7 nitrogen and oxygen atoms in total. The summed E-state index contributed by atoms with van der Waals surface area (Å²) >= 11 is 0. The largest absolute Gasteiger partial charge is 0.481 e. The van der Waals surface area contributed by atoms with E-state index in [1.165, 1.54) is 0 Å². The first-order valence-electron chi connectivity index (χ1n) is 12.4. The van der Waals surface area contributed by atoms with Crippen LogP contribution in [0.3, 0.4) is 0 Å². The van der Waals surface area contributed by atoms with E-state index in [0.29, 0.717) is 25.8 Å². The molecule has 0 radical (unpaired) electrons. The highest BCUT2D eigenvalue weighted by atomic mass is 16.5. The van der Waals surface area contributed by atoms with E-state index in [9.17, 15) is 14.4 Å². The van der Waals surface area contributed by atoms with Gasteiger partial charge in [0.1, 0.15) is 12.1 Å². The molecule has 0 bridgehead atoms. The fraction of sp³-hybridized carbons (Fsp3) is 0.464. The van der Waals surface area contributed by atoms with Crippen LogP contribution in [-0.2, 0) is 14.3 Å². The third-order valence-corrected chi connectivity index (χ3v) is 7.32. The van der Waals surface area contributed by atoms with Gasteiger partial charge in [-0.2, -0.15) is 0 Å². The number of hydrogen-bond acceptors (Lipinski definition) is 4. The lowest BCUT2D eigenvalue weighted by molar-refractivity contribution is -0.141. The second-order valence-corrected chi connectivity index (χ2v) is 9.96. The lowest BCUT2D eigenvalue weighted by atomic mass is 9.75. The summed E-state index contributed by atoms with van der Waals surface area (Å²) in [5.74, 6) is -0.829. The van der Waals surface area contributed by atoms with Crippen molar-refractivity contribution in [3.05, 3.63) is 59.7 Å². The van der Waals surface area contributed by atoms with Crippen LogP contribution >= 0.6 is 0 Å². The van der Waals surface area contributed by atoms with Crippen molar-refractivity contribution in [1.29, 1.82) is 0 Å². The van der Waals surface area contributed by atoms with Crippen LogP contribution in [0.25, 0.3) is 11.1 Å². The Balaban J connectivity index is 1.45. The second kappa shape index (κ2) is 10.5. The zero-order valence-electron chi connectivity index (χ0n) is 20.5. The Morgan fingerprint density at radius 2 is 1.71 bits per heavy atom. The third kappa shape index (κ3) is 5.34. The van der Waals surface area contributed by atoms with Crippen LogP contribution in [0.15, 0.2) is 48.5 Å². The number of benzene rings is 2. The summed E-state index contributed by atoms with van der Waals surface area (Å²) in [6.45, 7) is 2.60. The van der Waals surface area contributed by atoms with Gasteiger partial charge in [-0.3, -0.25) is 9.59 Å². The highest BCUT2D eigenvalue weighted by Crippen LogP contribution is 2.44. The van der Waals surface area contributed by atoms with Gasteiger partial charge in [-0.15, -0.1) is 0 Å². The van der Waals surface area contributed by atoms with E-state index >= 15 is 0 Å². The molecule has 1 fully saturated rings. The minimum Gasteiger partial charge on any atom is -0.481 e. The first kappa shape index (κ1) is 24.8. The molecule has 0 aliphatic heterocycles. The average Bonchev–Trinajstić information content (AvgIpc) is 3.15. The molecule has 1 saturated carbocycles. The van der Waals surface area contributed by atoms with Crippen LogP contribution in [0.5, 0.6) is 0 Å². The fourth-order valence-corrected chi connectivity index (χ4v) is 5.68. The number of fused-ring (bicyclic) bond motifs is 3. The number of ether oxygens (including phenoxy) is 1. The first-order chi connectivity index (χ1) is 16.8. The van der Waals surface area contributed by atoms with Crippen LogP contribution < -0.4 is 5.32 Å². The van der Waals surface area contributed by atoms with Crippen molar-refractivity contribution < 1.29 is 24.2 Å². The lowest BCUT2D eigenvalue weighted by Gasteiger charge is -2.41. The van der Waals surface area contributed by atoms with Gasteiger partial charge in [0.05, 0.1) is 0 Å². The minimum absolute atomic E-state index is 0.000823. The summed E-state index contributed by atoms with van der Waals surface area (Å²) in [7, 11) is 1.67. The van der Waals surface area contributed by atoms with Crippen molar-refractivity contribution in [3.8, 4) is 11.1 Å². The van der Waals surface area contributed by atoms with Crippen molar-refractivity contribution in [2.75, 3.05) is 20.2 Å². The summed E-state index contributed by atoms with van der Waals surface area (Å²) in [5, 5.41) is 11.9. The van der Waals surface area contributed by atoms with E-state index in [0.717, 1.165) is 35.1 Å². The number of carbonyl (C=O) groups excluding carboxylic acids is 2. The van der Waals surface area contributed by atoms with Gasteiger partial charge >= 0.3 is 12.1 Å². The number of nitrogens with zero attached hydrogens (tertiary/aromatic N) is 1. The molecule has 2 aromatic carbocycles. The van der Waals surface area contributed by atoms with E-state index in [2.05, 4.69) is 36.5 Å². The standard InChI is InChI=1S/C28H34N2O5/c1-19-9-7-15-28(17-19,26(33)30(2)16-8-14-25(31)32)29-27(34)35-18-24-22-12-5-3-10-20(22)21-11-4-6-13-23(21)24/h3-6,10-13,19,24H,7-9,14-18H2,1-2H3,(H,29,34)(H,31,32). The molecular formula is C28H34N2O5. The molecule has 2 aliphatic rings. The Kier molecular flexibility index (Phi) is 7.43. The van der Waals surface area contributed by atoms with Crippen molar-refractivity contribution >= 4 is 18.0 Å². The molecule has 2 unspecified atom stereocenters. The molecule has 2 aliphatic carbocycles. The van der Waals surface area contributed by atoms with Gasteiger partial charge < -0.3 is 20.1 Å². The van der Waals surface area contributed by atoms with Gasteiger partial charge in [-0.05, 0) is 47.4 Å². The summed E-state index contributed by atoms with van der Waals surface area (Å²) < 4.78 is 5.75. The molecule has 4 rings (SSSR count). The Hall–Kier alpha value is -3.35. The average molecular weight is 479 g/mol. The topological polar surface area (TPSA) is 95.9 Å².